The molecule has 3 rings (SSSR count). The number of nitrogens with zero attached hydrogens (tertiary/aromatic N) is 1. The lowest BCUT2D eigenvalue weighted by molar-refractivity contribution is 0.646. The summed E-state index contributed by atoms with van der Waals surface area (Å²) >= 11 is 0. The van der Waals surface area contributed by atoms with Crippen molar-refractivity contribution in [3.8, 4) is 11.3 Å². The first-order valence-electron chi connectivity index (χ1n) is 7.17. The van der Waals surface area contributed by atoms with Crippen molar-refractivity contribution in [3.63, 3.8) is 0 Å². The van der Waals surface area contributed by atoms with Crippen LogP contribution in [-0.2, 0) is 6.42 Å². The molecule has 0 bridgehead atoms. The molecule has 1 aromatic heterocycles. The van der Waals surface area contributed by atoms with Gasteiger partial charge in [-0.3, -0.25) is 4.98 Å². The number of rotatable bonds is 3. The summed E-state index contributed by atoms with van der Waals surface area (Å²) in [5.41, 5.74) is 3.57. The van der Waals surface area contributed by atoms with Crippen LogP contribution in [0.1, 0.15) is 19.4 Å². The second-order valence-electron chi connectivity index (χ2n) is 5.68. The summed E-state index contributed by atoms with van der Waals surface area (Å²) < 4.78 is 0. The molecular formula is C19H19N. The molecule has 0 saturated heterocycles. The summed E-state index contributed by atoms with van der Waals surface area (Å²) in [5.74, 6) is 0.667. The largest absolute Gasteiger partial charge is 0.256 e. The van der Waals surface area contributed by atoms with Crippen LogP contribution in [0, 0.1) is 5.92 Å². The van der Waals surface area contributed by atoms with E-state index >= 15 is 0 Å². The lowest BCUT2D eigenvalue weighted by Gasteiger charge is -2.08. The highest BCUT2D eigenvalue weighted by molar-refractivity contribution is 5.95. The summed E-state index contributed by atoms with van der Waals surface area (Å²) in [6, 6.07) is 19.2. The van der Waals surface area contributed by atoms with Crippen LogP contribution in [0.3, 0.4) is 0 Å². The highest BCUT2D eigenvalue weighted by Gasteiger charge is 2.05. The van der Waals surface area contributed by atoms with Crippen molar-refractivity contribution in [2.24, 2.45) is 5.92 Å². The minimum Gasteiger partial charge on any atom is -0.256 e. The third-order valence-electron chi connectivity index (χ3n) is 3.53. The molecule has 0 unspecified atom stereocenters. The monoisotopic (exact) mass is 261 g/mol. The van der Waals surface area contributed by atoms with E-state index in [0.29, 0.717) is 5.92 Å². The molecule has 0 radical (unpaired) electrons. The summed E-state index contributed by atoms with van der Waals surface area (Å²) in [7, 11) is 0. The van der Waals surface area contributed by atoms with Gasteiger partial charge in [-0.15, -0.1) is 0 Å². The van der Waals surface area contributed by atoms with E-state index in [-0.39, 0.29) is 0 Å². The average Bonchev–Trinajstić information content (AvgIpc) is 2.47. The number of benzene rings is 2. The molecule has 0 atom stereocenters. The van der Waals surface area contributed by atoms with E-state index in [0.717, 1.165) is 12.1 Å². The second-order valence-corrected chi connectivity index (χ2v) is 5.68. The zero-order valence-corrected chi connectivity index (χ0v) is 12.0. The average molecular weight is 261 g/mol. The summed E-state index contributed by atoms with van der Waals surface area (Å²) in [6.07, 6.45) is 3.10. The molecule has 1 heterocycles. The fraction of sp³-hybridized carbons (Fsp3) is 0.211. The summed E-state index contributed by atoms with van der Waals surface area (Å²) in [5, 5.41) is 2.53. The van der Waals surface area contributed by atoms with Gasteiger partial charge in [0.05, 0.1) is 5.69 Å². The predicted molar refractivity (Wildman–Crippen MR) is 85.7 cm³/mol. The first kappa shape index (κ1) is 12.9. The van der Waals surface area contributed by atoms with Gasteiger partial charge in [0.2, 0.25) is 0 Å². The Morgan fingerprint density at radius 2 is 1.70 bits per heavy atom. The first-order chi connectivity index (χ1) is 9.74. The maximum Gasteiger partial charge on any atom is 0.0708 e. The third-order valence-corrected chi connectivity index (χ3v) is 3.53. The van der Waals surface area contributed by atoms with Crippen LogP contribution in [0.5, 0.6) is 0 Å². The normalized spacial score (nSPS) is 11.2. The van der Waals surface area contributed by atoms with Crippen molar-refractivity contribution in [2.75, 3.05) is 0 Å². The van der Waals surface area contributed by atoms with Crippen molar-refractivity contribution >= 4 is 10.8 Å². The number of hydrogen-bond donors (Lipinski definition) is 0. The molecule has 0 aliphatic rings. The van der Waals surface area contributed by atoms with Gasteiger partial charge < -0.3 is 0 Å². The van der Waals surface area contributed by atoms with E-state index in [1.807, 2.05) is 6.20 Å². The molecule has 3 aromatic rings. The molecule has 0 saturated carbocycles. The second kappa shape index (κ2) is 5.46. The molecule has 100 valence electrons. The molecule has 0 amide bonds. The molecule has 0 spiro atoms. The highest BCUT2D eigenvalue weighted by atomic mass is 14.7. The van der Waals surface area contributed by atoms with E-state index in [1.54, 1.807) is 0 Å². The minimum absolute atomic E-state index is 0.667. The summed E-state index contributed by atoms with van der Waals surface area (Å²) in [4.78, 5) is 4.65. The van der Waals surface area contributed by atoms with Crippen LogP contribution in [0.2, 0.25) is 0 Å². The van der Waals surface area contributed by atoms with Crippen LogP contribution >= 0.6 is 0 Å². The minimum atomic E-state index is 0.667. The Bertz CT molecular complexity index is 706. The molecular weight excluding hydrogens is 242 g/mol. The highest BCUT2D eigenvalue weighted by Crippen LogP contribution is 2.27. The molecule has 20 heavy (non-hydrogen) atoms. The van der Waals surface area contributed by atoms with E-state index < -0.39 is 0 Å². The van der Waals surface area contributed by atoms with Crippen LogP contribution in [0.15, 0.2) is 60.8 Å². The van der Waals surface area contributed by atoms with Crippen LogP contribution < -0.4 is 0 Å². The molecule has 0 aliphatic heterocycles. The zero-order chi connectivity index (χ0) is 13.9. The van der Waals surface area contributed by atoms with Gasteiger partial charge >= 0.3 is 0 Å². The van der Waals surface area contributed by atoms with Gasteiger partial charge in [-0.1, -0.05) is 62.4 Å². The van der Waals surface area contributed by atoms with Crippen molar-refractivity contribution in [3.05, 3.63) is 66.4 Å². The van der Waals surface area contributed by atoms with Crippen molar-refractivity contribution < 1.29 is 0 Å². The molecule has 0 N–H and O–H groups in total. The van der Waals surface area contributed by atoms with Crippen molar-refractivity contribution in [1.29, 1.82) is 0 Å². The number of aromatic nitrogens is 1. The number of hydrogen-bond acceptors (Lipinski definition) is 1. The van der Waals surface area contributed by atoms with Crippen LogP contribution in [0.4, 0.5) is 0 Å². The standard InChI is InChI=1S/C19H19N/c1-14(2)12-15-10-11-19(20-13-15)18-9-5-7-16-6-3-4-8-17(16)18/h3-11,13-14H,12H2,1-2H3. The van der Waals surface area contributed by atoms with Crippen molar-refractivity contribution in [2.45, 2.75) is 20.3 Å². The number of fused-ring (bicyclic) bond motifs is 1. The van der Waals surface area contributed by atoms with Crippen molar-refractivity contribution in [1.82, 2.24) is 4.98 Å². The lowest BCUT2D eigenvalue weighted by Crippen LogP contribution is -1.95. The topological polar surface area (TPSA) is 12.9 Å². The Morgan fingerprint density at radius 1 is 0.900 bits per heavy atom. The molecule has 0 aliphatic carbocycles. The smallest absolute Gasteiger partial charge is 0.0708 e. The molecule has 0 fully saturated rings. The third kappa shape index (κ3) is 2.57. The Kier molecular flexibility index (Phi) is 3.51. The van der Waals surface area contributed by atoms with E-state index in [1.165, 1.54) is 21.9 Å². The number of pyridine rings is 1. The van der Waals surface area contributed by atoms with Gasteiger partial charge in [0.25, 0.3) is 0 Å². The van der Waals surface area contributed by atoms with Gasteiger partial charge in [0.1, 0.15) is 0 Å². The Morgan fingerprint density at radius 3 is 2.45 bits per heavy atom. The maximum atomic E-state index is 4.65. The Labute approximate surface area is 120 Å². The van der Waals surface area contributed by atoms with Gasteiger partial charge in [-0.05, 0) is 34.7 Å². The SMILES string of the molecule is CC(C)Cc1ccc(-c2cccc3ccccc23)nc1. The Hall–Kier alpha value is -2.15. The Balaban J connectivity index is 2.03. The quantitative estimate of drug-likeness (QED) is 0.639. The van der Waals surface area contributed by atoms with Gasteiger partial charge in [-0.2, -0.15) is 0 Å². The predicted octanol–water partition coefficient (Wildman–Crippen LogP) is 5.10. The van der Waals surface area contributed by atoms with E-state index in [4.69, 9.17) is 0 Å². The van der Waals surface area contributed by atoms with E-state index in [2.05, 4.69) is 73.4 Å². The fourth-order valence-corrected chi connectivity index (χ4v) is 2.62. The molecule has 1 nitrogen and oxygen atoms in total. The van der Waals surface area contributed by atoms with Gasteiger partial charge in [-0.25, -0.2) is 0 Å². The fourth-order valence-electron chi connectivity index (χ4n) is 2.62. The van der Waals surface area contributed by atoms with Crippen LogP contribution in [-0.4, -0.2) is 4.98 Å². The van der Waals surface area contributed by atoms with Crippen LogP contribution in [0.25, 0.3) is 22.0 Å². The van der Waals surface area contributed by atoms with E-state index in [9.17, 15) is 0 Å². The summed E-state index contributed by atoms with van der Waals surface area (Å²) in [6.45, 7) is 4.47. The maximum absolute atomic E-state index is 4.65. The zero-order valence-electron chi connectivity index (χ0n) is 12.0. The lowest BCUT2D eigenvalue weighted by atomic mass is 10.0. The first-order valence-corrected chi connectivity index (χ1v) is 7.17. The molecule has 1 heteroatoms. The van der Waals surface area contributed by atoms with Gasteiger partial charge in [0.15, 0.2) is 0 Å². The molecule has 2 aromatic carbocycles. The van der Waals surface area contributed by atoms with Gasteiger partial charge in [0, 0.05) is 11.8 Å².